The highest BCUT2D eigenvalue weighted by Gasteiger charge is 2.44. The predicted molar refractivity (Wildman–Crippen MR) is 270 cm³/mol. The highest BCUT2D eigenvalue weighted by molar-refractivity contribution is 7.13. The maximum atomic E-state index is 14.2. The number of rotatable bonds is 18. The number of aliphatic hydroxyl groups is 1. The van der Waals surface area contributed by atoms with Gasteiger partial charge >= 0.3 is 0 Å². The van der Waals surface area contributed by atoms with Crippen LogP contribution >= 0.6 is 34.5 Å². The molecule has 0 saturated carbocycles. The molecule has 0 spiro atoms. The number of nitrogens with two attached hydrogens (primary N) is 1. The van der Waals surface area contributed by atoms with Gasteiger partial charge in [-0.15, -0.1) is 11.3 Å². The summed E-state index contributed by atoms with van der Waals surface area (Å²) in [7, 11) is 0. The van der Waals surface area contributed by atoms with Crippen LogP contribution in [-0.2, 0) is 25.7 Å². The van der Waals surface area contributed by atoms with Crippen LogP contribution in [0.3, 0.4) is 0 Å². The van der Waals surface area contributed by atoms with Crippen molar-refractivity contribution in [3.05, 3.63) is 99.2 Å². The number of ether oxygens (including phenoxy) is 1. The molecule has 0 radical (unpaired) electrons. The third-order valence-electron chi connectivity index (χ3n) is 13.1. The van der Waals surface area contributed by atoms with Gasteiger partial charge in [-0.2, -0.15) is 5.10 Å². The molecular weight excluding hydrogens is 957 g/mol. The quantitative estimate of drug-likeness (QED) is 0.0486. The second-order valence-electron chi connectivity index (χ2n) is 19.3. The number of hydrogen-bond acceptors (Lipinski definition) is 11. The lowest BCUT2D eigenvalue weighted by atomic mass is 9.85. The molecule has 1 unspecified atom stereocenters. The molecular formula is C51H62Cl2FN9O6S. The SMILES string of the molecule is Cc1ncsc1-c1ccc(CNC(=O)[C@@H]2C[C@@H](O)CN2C(=O)C(NC(=O)CCCCCCC(=O)N2CCC(n3cc(-c4cnc(N)c(O[C@H](C)c5c(Cl)ccc(F)c5Cl)c4)cn3)CC2)C(C)(C)C)cc1. The molecule has 2 aliphatic heterocycles. The molecule has 374 valence electrons. The summed E-state index contributed by atoms with van der Waals surface area (Å²) < 4.78 is 22.2. The Morgan fingerprint density at radius 2 is 1.69 bits per heavy atom. The zero-order chi connectivity index (χ0) is 50.3. The Hall–Kier alpha value is -5.62. The normalized spacial score (nSPS) is 17.3. The number of amides is 4. The van der Waals surface area contributed by atoms with Crippen LogP contribution in [0, 0.1) is 18.2 Å². The molecule has 15 nitrogen and oxygen atoms in total. The number of benzene rings is 2. The van der Waals surface area contributed by atoms with Gasteiger partial charge in [0, 0.05) is 79.5 Å². The van der Waals surface area contributed by atoms with Gasteiger partial charge in [-0.1, -0.05) is 81.1 Å². The van der Waals surface area contributed by atoms with Gasteiger partial charge in [0.1, 0.15) is 24.0 Å². The molecule has 4 atom stereocenters. The van der Waals surface area contributed by atoms with Crippen LogP contribution < -0.4 is 21.1 Å². The van der Waals surface area contributed by atoms with Crippen molar-refractivity contribution in [3.8, 4) is 27.3 Å². The van der Waals surface area contributed by atoms with Gasteiger partial charge in [-0.25, -0.2) is 14.4 Å². The molecule has 5 aromatic rings. The minimum atomic E-state index is -0.902. The monoisotopic (exact) mass is 1020 g/mol. The Balaban J connectivity index is 0.811. The number of β-amino-alcohol motifs (C(OH)–C–C–N with tert-alkyl or cyclic N) is 1. The van der Waals surface area contributed by atoms with Gasteiger partial charge in [0.25, 0.3) is 0 Å². The number of aryl methyl sites for hydroxylation is 1. The van der Waals surface area contributed by atoms with Gasteiger partial charge < -0.3 is 36.0 Å². The maximum Gasteiger partial charge on any atom is 0.246 e. The molecule has 2 aromatic carbocycles. The zero-order valence-corrected chi connectivity index (χ0v) is 42.5. The smallest absolute Gasteiger partial charge is 0.246 e. The first kappa shape index (κ1) is 52.2. The fourth-order valence-corrected chi connectivity index (χ4v) is 10.5. The van der Waals surface area contributed by atoms with Crippen LogP contribution in [0.25, 0.3) is 21.6 Å². The number of aromatic nitrogens is 4. The number of carbonyl (C=O) groups is 4. The van der Waals surface area contributed by atoms with Crippen molar-refractivity contribution in [3.63, 3.8) is 0 Å². The number of nitrogen functional groups attached to an aromatic ring is 1. The average molecular weight is 1020 g/mol. The molecule has 2 aliphatic rings. The number of nitrogens with one attached hydrogen (secondary N) is 2. The summed E-state index contributed by atoms with van der Waals surface area (Å²) in [6, 6.07) is 10.6. The minimum absolute atomic E-state index is 0.00155. The topological polar surface area (TPSA) is 198 Å². The molecule has 2 fully saturated rings. The molecule has 5 N–H and O–H groups in total. The van der Waals surface area contributed by atoms with Crippen LogP contribution in [0.15, 0.2) is 66.6 Å². The first-order valence-electron chi connectivity index (χ1n) is 23.8. The van der Waals surface area contributed by atoms with E-state index in [1.165, 1.54) is 17.0 Å². The number of nitrogens with zero attached hydrogens (tertiary/aromatic N) is 6. The second kappa shape index (κ2) is 23.1. The van der Waals surface area contributed by atoms with Crippen LogP contribution in [-0.4, -0.2) is 96.1 Å². The lowest BCUT2D eigenvalue weighted by Gasteiger charge is -2.35. The number of thiazole rings is 1. The summed E-state index contributed by atoms with van der Waals surface area (Å²) in [4.78, 5) is 67.0. The number of aliphatic hydroxyl groups excluding tert-OH is 1. The van der Waals surface area contributed by atoms with Crippen LogP contribution in [0.4, 0.5) is 10.2 Å². The predicted octanol–water partition coefficient (Wildman–Crippen LogP) is 8.86. The second-order valence-corrected chi connectivity index (χ2v) is 20.9. The Labute approximate surface area is 422 Å². The Kier molecular flexibility index (Phi) is 17.2. The van der Waals surface area contributed by atoms with Gasteiger partial charge in [0.15, 0.2) is 11.6 Å². The Morgan fingerprint density at radius 1 is 0.971 bits per heavy atom. The Morgan fingerprint density at radius 3 is 2.37 bits per heavy atom. The first-order chi connectivity index (χ1) is 33.4. The average Bonchev–Trinajstić information content (AvgIpc) is 4.10. The molecule has 4 amide bonds. The van der Waals surface area contributed by atoms with Crippen molar-refractivity contribution in [2.45, 2.75) is 129 Å². The maximum absolute atomic E-state index is 14.2. The van der Waals surface area contributed by atoms with E-state index in [2.05, 4.69) is 25.7 Å². The number of pyridine rings is 1. The van der Waals surface area contributed by atoms with E-state index >= 15 is 0 Å². The van der Waals surface area contributed by atoms with E-state index < -0.39 is 41.4 Å². The fraction of sp³-hybridized carbons (Fsp3) is 0.471. The van der Waals surface area contributed by atoms with Crippen LogP contribution in [0.5, 0.6) is 5.75 Å². The summed E-state index contributed by atoms with van der Waals surface area (Å²) in [6.45, 7) is 10.8. The van der Waals surface area contributed by atoms with E-state index in [1.807, 2.05) is 73.2 Å². The third-order valence-corrected chi connectivity index (χ3v) is 14.7. The van der Waals surface area contributed by atoms with Gasteiger partial charge in [-0.05, 0) is 74.3 Å². The van der Waals surface area contributed by atoms with Crippen molar-refractivity contribution in [1.29, 1.82) is 0 Å². The third kappa shape index (κ3) is 12.8. The van der Waals surface area contributed by atoms with E-state index in [0.717, 1.165) is 58.5 Å². The van der Waals surface area contributed by atoms with Crippen molar-refractivity contribution < 1.29 is 33.4 Å². The number of piperidine rings is 1. The molecule has 3 aromatic heterocycles. The van der Waals surface area contributed by atoms with Gasteiger partial charge in [0.2, 0.25) is 23.6 Å². The number of halogens is 3. The molecule has 5 heterocycles. The molecule has 2 saturated heterocycles. The molecule has 0 bridgehead atoms. The van der Waals surface area contributed by atoms with E-state index in [4.69, 9.17) is 33.7 Å². The fourth-order valence-electron chi connectivity index (χ4n) is 9.03. The number of carbonyl (C=O) groups excluding carboxylic acids is 4. The van der Waals surface area contributed by atoms with Gasteiger partial charge in [0.05, 0.1) is 39.4 Å². The number of hydrogen-bond donors (Lipinski definition) is 4. The van der Waals surface area contributed by atoms with E-state index in [0.29, 0.717) is 43.7 Å². The van der Waals surface area contributed by atoms with E-state index in [-0.39, 0.29) is 65.6 Å². The van der Waals surface area contributed by atoms with Crippen molar-refractivity contribution >= 4 is 64.0 Å². The van der Waals surface area contributed by atoms with Crippen molar-refractivity contribution in [2.75, 3.05) is 25.4 Å². The lowest BCUT2D eigenvalue weighted by Crippen LogP contribution is -2.57. The highest BCUT2D eigenvalue weighted by Crippen LogP contribution is 2.38. The minimum Gasteiger partial charge on any atom is -0.482 e. The van der Waals surface area contributed by atoms with Gasteiger partial charge in [-0.3, -0.25) is 23.9 Å². The molecule has 19 heteroatoms. The largest absolute Gasteiger partial charge is 0.482 e. The summed E-state index contributed by atoms with van der Waals surface area (Å²) in [5.41, 5.74) is 12.0. The van der Waals surface area contributed by atoms with Crippen LogP contribution in [0.2, 0.25) is 10.0 Å². The highest BCUT2D eigenvalue weighted by atomic mass is 35.5. The van der Waals surface area contributed by atoms with Crippen LogP contribution in [0.1, 0.15) is 114 Å². The summed E-state index contributed by atoms with van der Waals surface area (Å²) in [5, 5.41) is 21.3. The van der Waals surface area contributed by atoms with E-state index in [9.17, 15) is 28.7 Å². The van der Waals surface area contributed by atoms with E-state index in [1.54, 1.807) is 36.7 Å². The number of unbranched alkanes of at least 4 members (excludes halogenated alkanes) is 3. The summed E-state index contributed by atoms with van der Waals surface area (Å²) in [6.07, 6.45) is 8.81. The molecule has 7 rings (SSSR count). The summed E-state index contributed by atoms with van der Waals surface area (Å²) >= 11 is 14.1. The molecule has 0 aliphatic carbocycles. The number of anilines is 1. The van der Waals surface area contributed by atoms with Crippen molar-refractivity contribution in [1.82, 2.24) is 40.2 Å². The van der Waals surface area contributed by atoms with Crippen molar-refractivity contribution in [2.24, 2.45) is 5.41 Å². The Bertz CT molecular complexity index is 2650. The summed E-state index contributed by atoms with van der Waals surface area (Å²) in [5.74, 6) is -1.07. The number of likely N-dealkylation sites (tertiary alicyclic amines) is 2. The molecule has 70 heavy (non-hydrogen) atoms. The zero-order valence-electron chi connectivity index (χ0n) is 40.2. The standard InChI is InChI=1S/C51H62Cl2FN9O6S/c1-30-46(70-29-58-30)33-14-12-32(13-15-33)24-57-49(67)40-23-37(64)28-62(40)50(68)47(51(3,4)5)60-42(65)10-8-6-7-9-11-43(66)61-20-18-36(19-21-61)63-27-35(26-59-63)34-22-41(48(55)56-25-34)69-31(2)44-38(52)16-17-39(54)45(44)53/h12-17,22,25-27,29,31,36-37,40,47,64H,6-11,18-21,23-24,28H2,1-5H3,(H2,55,56)(H,57,67)(H,60,65)/t31-,37-,40+,47?/m1/s1. The lowest BCUT2D eigenvalue weighted by molar-refractivity contribution is -0.144. The first-order valence-corrected chi connectivity index (χ1v) is 25.4.